The molecule has 120 valence electrons. The van der Waals surface area contributed by atoms with Crippen LogP contribution in [0.25, 0.3) is 0 Å². The maximum Gasteiger partial charge on any atom is 0.338 e. The van der Waals surface area contributed by atoms with Crippen LogP contribution in [0.4, 0.5) is 0 Å². The number of benzene rings is 2. The van der Waals surface area contributed by atoms with Gasteiger partial charge in [-0.15, -0.1) is 0 Å². The molecule has 0 N–H and O–H groups in total. The summed E-state index contributed by atoms with van der Waals surface area (Å²) in [6, 6.07) is 12.0. The van der Waals surface area contributed by atoms with Gasteiger partial charge in [-0.2, -0.15) is 0 Å². The van der Waals surface area contributed by atoms with Crippen molar-refractivity contribution >= 4 is 11.8 Å². The summed E-state index contributed by atoms with van der Waals surface area (Å²) in [6.45, 7) is 5.48. The van der Waals surface area contributed by atoms with Crippen LogP contribution in [-0.4, -0.2) is 25.0 Å². The van der Waals surface area contributed by atoms with E-state index in [4.69, 9.17) is 9.47 Å². The molecule has 0 heterocycles. The van der Waals surface area contributed by atoms with E-state index in [1.165, 1.54) is 0 Å². The molecule has 0 saturated heterocycles. The van der Waals surface area contributed by atoms with Crippen molar-refractivity contribution in [3.8, 4) is 5.75 Å². The van der Waals surface area contributed by atoms with Crippen molar-refractivity contribution in [1.29, 1.82) is 0 Å². The molecule has 2 aromatic carbocycles. The first kappa shape index (κ1) is 16.7. The molecule has 0 fully saturated rings. The van der Waals surface area contributed by atoms with E-state index in [0.717, 1.165) is 11.1 Å². The highest BCUT2D eigenvalue weighted by molar-refractivity contribution is 6.01. The average Bonchev–Trinajstić information content (AvgIpc) is 2.56. The van der Waals surface area contributed by atoms with Gasteiger partial charge in [-0.25, -0.2) is 4.79 Å². The van der Waals surface area contributed by atoms with Crippen LogP contribution in [0.15, 0.2) is 42.5 Å². The smallest absolute Gasteiger partial charge is 0.338 e. The van der Waals surface area contributed by atoms with E-state index in [1.54, 1.807) is 50.4 Å². The van der Waals surface area contributed by atoms with E-state index in [1.807, 2.05) is 19.9 Å². The molecule has 0 aliphatic heterocycles. The van der Waals surface area contributed by atoms with Crippen molar-refractivity contribution in [2.24, 2.45) is 0 Å². The quantitative estimate of drug-likeness (QED) is 0.623. The first-order valence-electron chi connectivity index (χ1n) is 7.39. The minimum Gasteiger partial charge on any atom is -0.497 e. The number of hydrogen-bond acceptors (Lipinski definition) is 4. The normalized spacial score (nSPS) is 11.7. The second-order valence-electron chi connectivity index (χ2n) is 5.44. The highest BCUT2D eigenvalue weighted by Crippen LogP contribution is 2.16. The van der Waals surface area contributed by atoms with Crippen LogP contribution in [0.5, 0.6) is 5.75 Å². The molecule has 0 aliphatic carbocycles. The molecule has 4 nitrogen and oxygen atoms in total. The number of ether oxygens (including phenoxy) is 2. The molecular formula is C19H20O4. The summed E-state index contributed by atoms with van der Waals surface area (Å²) in [5.41, 5.74) is 3.03. The zero-order chi connectivity index (χ0) is 17.0. The molecule has 0 amide bonds. The molecular weight excluding hydrogens is 292 g/mol. The second kappa shape index (κ2) is 7.09. The first-order chi connectivity index (χ1) is 10.9. The molecule has 23 heavy (non-hydrogen) atoms. The standard InChI is InChI=1S/C19H20O4/c1-12-5-6-16(11-13(12)2)19(21)23-14(3)18(20)15-7-9-17(22-4)10-8-15/h5-11,14H,1-4H3/t14-/m1/s1. The number of aryl methyl sites for hydroxylation is 2. The number of Topliss-reactive ketones (excluding diaryl/α,β-unsaturated/α-hetero) is 1. The molecule has 4 heteroatoms. The van der Waals surface area contributed by atoms with E-state index in [-0.39, 0.29) is 5.78 Å². The van der Waals surface area contributed by atoms with Crippen molar-refractivity contribution in [1.82, 2.24) is 0 Å². The molecule has 0 bridgehead atoms. The Hall–Kier alpha value is -2.62. The van der Waals surface area contributed by atoms with Crippen LogP contribution in [0.1, 0.15) is 38.8 Å². The second-order valence-corrected chi connectivity index (χ2v) is 5.44. The Balaban J connectivity index is 2.07. The van der Waals surface area contributed by atoms with Gasteiger partial charge in [0.1, 0.15) is 5.75 Å². The molecule has 0 radical (unpaired) electrons. The zero-order valence-corrected chi connectivity index (χ0v) is 13.8. The molecule has 0 aliphatic rings. The van der Waals surface area contributed by atoms with Crippen LogP contribution < -0.4 is 4.74 Å². The van der Waals surface area contributed by atoms with E-state index >= 15 is 0 Å². The van der Waals surface area contributed by atoms with Crippen molar-refractivity contribution in [2.75, 3.05) is 7.11 Å². The third-order valence-electron chi connectivity index (χ3n) is 3.77. The van der Waals surface area contributed by atoms with Crippen LogP contribution in [0.3, 0.4) is 0 Å². The van der Waals surface area contributed by atoms with Gasteiger partial charge in [-0.1, -0.05) is 6.07 Å². The average molecular weight is 312 g/mol. The number of ketones is 1. The first-order valence-corrected chi connectivity index (χ1v) is 7.39. The van der Waals surface area contributed by atoms with E-state index in [0.29, 0.717) is 16.9 Å². The maximum atomic E-state index is 12.3. The van der Waals surface area contributed by atoms with E-state index in [9.17, 15) is 9.59 Å². The minimum atomic E-state index is -0.850. The number of carbonyl (C=O) groups excluding carboxylic acids is 2. The Morgan fingerprint density at radius 1 is 0.913 bits per heavy atom. The fourth-order valence-electron chi connectivity index (χ4n) is 2.14. The van der Waals surface area contributed by atoms with Gasteiger partial charge in [0.2, 0.25) is 5.78 Å². The van der Waals surface area contributed by atoms with Crippen molar-refractivity contribution in [3.05, 3.63) is 64.7 Å². The number of hydrogen-bond donors (Lipinski definition) is 0. The number of carbonyl (C=O) groups is 2. The molecule has 1 atom stereocenters. The lowest BCUT2D eigenvalue weighted by Gasteiger charge is -2.13. The Kier molecular flexibility index (Phi) is 5.16. The Bertz CT molecular complexity index is 717. The predicted molar refractivity (Wildman–Crippen MR) is 88.1 cm³/mol. The van der Waals surface area contributed by atoms with Gasteiger partial charge in [0.15, 0.2) is 6.10 Å². The lowest BCUT2D eigenvalue weighted by atomic mass is 10.1. The van der Waals surface area contributed by atoms with Crippen LogP contribution in [-0.2, 0) is 4.74 Å². The Morgan fingerprint density at radius 2 is 1.52 bits per heavy atom. The minimum absolute atomic E-state index is 0.246. The summed E-state index contributed by atoms with van der Waals surface area (Å²) in [5, 5.41) is 0. The number of esters is 1. The van der Waals surface area contributed by atoms with E-state index in [2.05, 4.69) is 0 Å². The van der Waals surface area contributed by atoms with Gasteiger partial charge >= 0.3 is 5.97 Å². The summed E-state index contributed by atoms with van der Waals surface area (Å²) in [4.78, 5) is 24.5. The summed E-state index contributed by atoms with van der Waals surface area (Å²) in [6.07, 6.45) is -0.850. The topological polar surface area (TPSA) is 52.6 Å². The van der Waals surface area contributed by atoms with Gasteiger partial charge < -0.3 is 9.47 Å². The SMILES string of the molecule is COc1ccc(C(=O)[C@@H](C)OC(=O)c2ccc(C)c(C)c2)cc1. The maximum absolute atomic E-state index is 12.3. The Morgan fingerprint density at radius 3 is 2.09 bits per heavy atom. The molecule has 0 unspecified atom stereocenters. The molecule has 0 spiro atoms. The largest absolute Gasteiger partial charge is 0.497 e. The molecule has 0 saturated carbocycles. The molecule has 0 aromatic heterocycles. The molecule has 2 aromatic rings. The van der Waals surface area contributed by atoms with E-state index < -0.39 is 12.1 Å². The molecule has 2 rings (SSSR count). The summed E-state index contributed by atoms with van der Waals surface area (Å²) in [7, 11) is 1.56. The highest BCUT2D eigenvalue weighted by Gasteiger charge is 2.20. The third kappa shape index (κ3) is 3.97. The third-order valence-corrected chi connectivity index (χ3v) is 3.77. The monoisotopic (exact) mass is 312 g/mol. The lowest BCUT2D eigenvalue weighted by Crippen LogP contribution is -2.24. The van der Waals surface area contributed by atoms with Crippen LogP contribution >= 0.6 is 0 Å². The van der Waals surface area contributed by atoms with Crippen molar-refractivity contribution in [3.63, 3.8) is 0 Å². The van der Waals surface area contributed by atoms with Crippen molar-refractivity contribution in [2.45, 2.75) is 26.9 Å². The number of methoxy groups -OCH3 is 1. The summed E-state index contributed by atoms with van der Waals surface area (Å²) < 4.78 is 10.3. The van der Waals surface area contributed by atoms with Crippen LogP contribution in [0, 0.1) is 13.8 Å². The fourth-order valence-corrected chi connectivity index (χ4v) is 2.14. The fraction of sp³-hybridized carbons (Fsp3) is 0.263. The van der Waals surface area contributed by atoms with Crippen LogP contribution in [0.2, 0.25) is 0 Å². The predicted octanol–water partition coefficient (Wildman–Crippen LogP) is 3.74. The summed E-state index contributed by atoms with van der Waals surface area (Å²) in [5.74, 6) is -0.0753. The summed E-state index contributed by atoms with van der Waals surface area (Å²) >= 11 is 0. The van der Waals surface area contributed by atoms with Gasteiger partial charge in [-0.05, 0) is 68.3 Å². The zero-order valence-electron chi connectivity index (χ0n) is 13.8. The highest BCUT2D eigenvalue weighted by atomic mass is 16.5. The Labute approximate surface area is 136 Å². The van der Waals surface area contributed by atoms with Gasteiger partial charge in [0, 0.05) is 5.56 Å². The van der Waals surface area contributed by atoms with Crippen molar-refractivity contribution < 1.29 is 19.1 Å². The van der Waals surface area contributed by atoms with Gasteiger partial charge in [0.25, 0.3) is 0 Å². The lowest BCUT2D eigenvalue weighted by molar-refractivity contribution is 0.0318. The van der Waals surface area contributed by atoms with Gasteiger partial charge in [0.05, 0.1) is 12.7 Å². The van der Waals surface area contributed by atoms with Gasteiger partial charge in [-0.3, -0.25) is 4.79 Å². The number of rotatable bonds is 5.